The Kier molecular flexibility index (Phi) is 3.80. The fraction of sp³-hybridized carbons (Fsp3) is 0.588. The first-order chi connectivity index (χ1) is 9.95. The highest BCUT2D eigenvalue weighted by molar-refractivity contribution is 5.84. The zero-order valence-corrected chi connectivity index (χ0v) is 11.8. The molecule has 0 spiro atoms. The zero-order valence-electron chi connectivity index (χ0n) is 11.8. The number of rotatable bonds is 2. The minimum absolute atomic E-state index is 0.0187. The Labute approximate surface area is 122 Å². The van der Waals surface area contributed by atoms with E-state index in [2.05, 4.69) is 0 Å². The Hall–Kier alpha value is -1.32. The molecule has 3 rings (SSSR count). The SMILES string of the molecule is O=C(C1CCC(C(F)(F)F)CC1)C1Cc2ccccc2C1. The molecule has 0 aliphatic heterocycles. The molecule has 1 aromatic carbocycles. The van der Waals surface area contributed by atoms with E-state index in [-0.39, 0.29) is 30.5 Å². The van der Waals surface area contributed by atoms with E-state index in [0.717, 1.165) is 12.8 Å². The van der Waals surface area contributed by atoms with Gasteiger partial charge < -0.3 is 0 Å². The quantitative estimate of drug-likeness (QED) is 0.793. The van der Waals surface area contributed by atoms with Crippen molar-refractivity contribution in [1.29, 1.82) is 0 Å². The van der Waals surface area contributed by atoms with E-state index in [9.17, 15) is 18.0 Å². The molecule has 0 N–H and O–H groups in total. The second kappa shape index (κ2) is 5.47. The van der Waals surface area contributed by atoms with Crippen LogP contribution in [0.3, 0.4) is 0 Å². The van der Waals surface area contributed by atoms with Gasteiger partial charge in [-0.2, -0.15) is 13.2 Å². The van der Waals surface area contributed by atoms with Crippen molar-refractivity contribution in [2.24, 2.45) is 17.8 Å². The number of hydrogen-bond acceptors (Lipinski definition) is 1. The highest BCUT2D eigenvalue weighted by Gasteiger charge is 2.43. The molecule has 21 heavy (non-hydrogen) atoms. The lowest BCUT2D eigenvalue weighted by atomic mass is 9.76. The fourth-order valence-corrected chi connectivity index (χ4v) is 3.80. The molecule has 1 aromatic rings. The Morgan fingerprint density at radius 1 is 0.905 bits per heavy atom. The van der Waals surface area contributed by atoms with Gasteiger partial charge >= 0.3 is 6.18 Å². The van der Waals surface area contributed by atoms with Crippen LogP contribution in [0.5, 0.6) is 0 Å². The average Bonchev–Trinajstić information content (AvgIpc) is 2.89. The van der Waals surface area contributed by atoms with Crippen molar-refractivity contribution in [1.82, 2.24) is 0 Å². The fourth-order valence-electron chi connectivity index (χ4n) is 3.80. The maximum absolute atomic E-state index is 12.7. The molecule has 0 aromatic heterocycles. The van der Waals surface area contributed by atoms with Crippen LogP contribution in [0.25, 0.3) is 0 Å². The van der Waals surface area contributed by atoms with Gasteiger partial charge in [0.05, 0.1) is 5.92 Å². The van der Waals surface area contributed by atoms with Gasteiger partial charge in [-0.05, 0) is 49.7 Å². The predicted molar refractivity (Wildman–Crippen MR) is 73.9 cm³/mol. The van der Waals surface area contributed by atoms with Crippen molar-refractivity contribution < 1.29 is 18.0 Å². The van der Waals surface area contributed by atoms with E-state index < -0.39 is 12.1 Å². The summed E-state index contributed by atoms with van der Waals surface area (Å²) >= 11 is 0. The summed E-state index contributed by atoms with van der Waals surface area (Å²) in [5.41, 5.74) is 2.44. The van der Waals surface area contributed by atoms with Crippen LogP contribution in [0.2, 0.25) is 0 Å². The van der Waals surface area contributed by atoms with Crippen LogP contribution in [0.15, 0.2) is 24.3 Å². The van der Waals surface area contributed by atoms with Crippen molar-refractivity contribution in [2.45, 2.75) is 44.7 Å². The molecule has 0 atom stereocenters. The normalized spacial score (nSPS) is 26.6. The molecule has 0 amide bonds. The van der Waals surface area contributed by atoms with E-state index in [0.29, 0.717) is 12.8 Å². The van der Waals surface area contributed by atoms with Gasteiger partial charge in [-0.1, -0.05) is 24.3 Å². The number of carbonyl (C=O) groups excluding carboxylic acids is 1. The summed E-state index contributed by atoms with van der Waals surface area (Å²) < 4.78 is 38.0. The second-order valence-electron chi connectivity index (χ2n) is 6.37. The number of benzene rings is 1. The number of Topliss-reactive ketones (excluding diaryl/α,β-unsaturated/α-hetero) is 1. The Bertz CT molecular complexity index is 502. The van der Waals surface area contributed by atoms with Crippen LogP contribution in [0.1, 0.15) is 36.8 Å². The van der Waals surface area contributed by atoms with Gasteiger partial charge in [0.2, 0.25) is 0 Å². The highest BCUT2D eigenvalue weighted by Crippen LogP contribution is 2.41. The van der Waals surface area contributed by atoms with Crippen molar-refractivity contribution in [3.8, 4) is 0 Å². The molecular formula is C17H19F3O. The molecule has 1 nitrogen and oxygen atoms in total. The number of alkyl halides is 3. The third-order valence-electron chi connectivity index (χ3n) is 5.05. The van der Waals surface area contributed by atoms with Gasteiger partial charge in [0.25, 0.3) is 0 Å². The summed E-state index contributed by atoms with van der Waals surface area (Å²) in [4.78, 5) is 12.5. The van der Waals surface area contributed by atoms with Crippen molar-refractivity contribution >= 4 is 5.78 Å². The maximum atomic E-state index is 12.7. The summed E-state index contributed by atoms with van der Waals surface area (Å²) in [5.74, 6) is -1.20. The largest absolute Gasteiger partial charge is 0.391 e. The minimum Gasteiger partial charge on any atom is -0.299 e. The summed E-state index contributed by atoms with van der Waals surface area (Å²) in [6.07, 6.45) is -1.56. The van der Waals surface area contributed by atoms with E-state index in [4.69, 9.17) is 0 Å². The molecule has 114 valence electrons. The number of hydrogen-bond donors (Lipinski definition) is 0. The van der Waals surface area contributed by atoms with Crippen molar-refractivity contribution in [3.63, 3.8) is 0 Å². The molecule has 2 aliphatic rings. The highest BCUT2D eigenvalue weighted by atomic mass is 19.4. The molecule has 0 saturated heterocycles. The summed E-state index contributed by atoms with van der Waals surface area (Å²) in [6, 6.07) is 8.03. The smallest absolute Gasteiger partial charge is 0.299 e. The second-order valence-corrected chi connectivity index (χ2v) is 6.37. The van der Waals surface area contributed by atoms with E-state index in [1.165, 1.54) is 11.1 Å². The first kappa shape index (κ1) is 14.6. The van der Waals surface area contributed by atoms with Crippen LogP contribution in [0, 0.1) is 17.8 Å². The van der Waals surface area contributed by atoms with Crippen LogP contribution >= 0.6 is 0 Å². The monoisotopic (exact) mass is 296 g/mol. The Balaban J connectivity index is 1.59. The molecular weight excluding hydrogens is 277 g/mol. The average molecular weight is 296 g/mol. The van der Waals surface area contributed by atoms with E-state index in [1.54, 1.807) is 0 Å². The van der Waals surface area contributed by atoms with E-state index in [1.807, 2.05) is 24.3 Å². The molecule has 4 heteroatoms. The van der Waals surface area contributed by atoms with E-state index >= 15 is 0 Å². The third kappa shape index (κ3) is 2.99. The first-order valence-corrected chi connectivity index (χ1v) is 7.62. The molecule has 1 fully saturated rings. The Morgan fingerprint density at radius 3 is 1.90 bits per heavy atom. The van der Waals surface area contributed by atoms with Gasteiger partial charge in [0.15, 0.2) is 0 Å². The summed E-state index contributed by atoms with van der Waals surface area (Å²) in [7, 11) is 0. The predicted octanol–water partition coefficient (Wildman–Crippen LogP) is 4.34. The Morgan fingerprint density at radius 2 is 1.43 bits per heavy atom. The maximum Gasteiger partial charge on any atom is 0.391 e. The van der Waals surface area contributed by atoms with Crippen LogP contribution < -0.4 is 0 Å². The topological polar surface area (TPSA) is 17.1 Å². The molecule has 2 aliphatic carbocycles. The lowest BCUT2D eigenvalue weighted by Crippen LogP contribution is -2.32. The number of fused-ring (bicyclic) bond motifs is 1. The number of halogens is 3. The van der Waals surface area contributed by atoms with Crippen LogP contribution in [-0.4, -0.2) is 12.0 Å². The molecule has 0 unspecified atom stereocenters. The van der Waals surface area contributed by atoms with Crippen LogP contribution in [-0.2, 0) is 17.6 Å². The summed E-state index contributed by atoms with van der Waals surface area (Å²) in [5, 5.41) is 0. The van der Waals surface area contributed by atoms with Crippen molar-refractivity contribution in [3.05, 3.63) is 35.4 Å². The van der Waals surface area contributed by atoms with Gasteiger partial charge in [-0.25, -0.2) is 0 Å². The summed E-state index contributed by atoms with van der Waals surface area (Å²) in [6.45, 7) is 0. The molecule has 1 saturated carbocycles. The standard InChI is InChI=1S/C17H19F3O/c18-17(19,20)15-7-5-11(6-8-15)16(21)14-9-12-3-1-2-4-13(12)10-14/h1-4,11,14-15H,5-10H2. The molecule has 0 radical (unpaired) electrons. The number of carbonyl (C=O) groups is 1. The number of ketones is 1. The minimum atomic E-state index is -4.10. The lowest BCUT2D eigenvalue weighted by Gasteiger charge is -2.30. The van der Waals surface area contributed by atoms with Crippen LogP contribution in [0.4, 0.5) is 13.2 Å². The third-order valence-corrected chi connectivity index (χ3v) is 5.05. The van der Waals surface area contributed by atoms with Crippen molar-refractivity contribution in [2.75, 3.05) is 0 Å². The van der Waals surface area contributed by atoms with Gasteiger partial charge in [-0.3, -0.25) is 4.79 Å². The van der Waals surface area contributed by atoms with Gasteiger partial charge in [0, 0.05) is 11.8 Å². The zero-order chi connectivity index (χ0) is 15.0. The van der Waals surface area contributed by atoms with Gasteiger partial charge in [-0.15, -0.1) is 0 Å². The van der Waals surface area contributed by atoms with Gasteiger partial charge in [0.1, 0.15) is 5.78 Å². The first-order valence-electron chi connectivity index (χ1n) is 7.62. The molecule has 0 bridgehead atoms. The lowest BCUT2D eigenvalue weighted by molar-refractivity contribution is -0.184. The molecule has 0 heterocycles.